The maximum atomic E-state index is 4.70. The first-order valence-electron chi connectivity index (χ1n) is 6.64. The van der Waals surface area contributed by atoms with E-state index in [0.29, 0.717) is 0 Å². The highest BCUT2D eigenvalue weighted by Gasteiger charge is 2.06. The molecular formula is C16H15N3S2. The van der Waals surface area contributed by atoms with Crippen LogP contribution in [0.15, 0.2) is 47.1 Å². The fraction of sp³-hybridized carbons (Fsp3) is 0.188. The Morgan fingerprint density at radius 2 is 2.05 bits per heavy atom. The second-order valence-corrected chi connectivity index (χ2v) is 6.58. The van der Waals surface area contributed by atoms with E-state index in [2.05, 4.69) is 46.5 Å². The highest BCUT2D eigenvalue weighted by Crippen LogP contribution is 2.27. The van der Waals surface area contributed by atoms with Crippen molar-refractivity contribution < 1.29 is 0 Å². The van der Waals surface area contributed by atoms with Crippen LogP contribution < -0.4 is 0 Å². The number of nitrogens with zero attached hydrogens (tertiary/aromatic N) is 3. The lowest BCUT2D eigenvalue weighted by atomic mass is 10.1. The van der Waals surface area contributed by atoms with E-state index in [1.54, 1.807) is 29.3 Å². The zero-order valence-corrected chi connectivity index (χ0v) is 13.5. The van der Waals surface area contributed by atoms with E-state index < -0.39 is 0 Å². The van der Waals surface area contributed by atoms with E-state index in [1.165, 1.54) is 11.1 Å². The van der Waals surface area contributed by atoms with Gasteiger partial charge in [0.15, 0.2) is 5.16 Å². The van der Waals surface area contributed by atoms with Crippen molar-refractivity contribution in [1.29, 1.82) is 0 Å². The van der Waals surface area contributed by atoms with Gasteiger partial charge in [0.1, 0.15) is 5.01 Å². The second kappa shape index (κ2) is 6.37. The molecule has 0 saturated heterocycles. The van der Waals surface area contributed by atoms with Gasteiger partial charge < -0.3 is 0 Å². The highest BCUT2D eigenvalue weighted by atomic mass is 32.2. The molecule has 0 fully saturated rings. The van der Waals surface area contributed by atoms with Crippen molar-refractivity contribution in [1.82, 2.24) is 15.0 Å². The zero-order chi connectivity index (χ0) is 14.7. The molecule has 0 bridgehead atoms. The Hall–Kier alpha value is -1.72. The predicted molar refractivity (Wildman–Crippen MR) is 88.6 cm³/mol. The lowest BCUT2D eigenvalue weighted by Crippen LogP contribution is -1.89. The molecule has 0 spiro atoms. The Bertz CT molecular complexity index is 753. The fourth-order valence-corrected chi connectivity index (χ4v) is 3.61. The topological polar surface area (TPSA) is 38.7 Å². The predicted octanol–water partition coefficient (Wildman–Crippen LogP) is 4.51. The van der Waals surface area contributed by atoms with Gasteiger partial charge in [-0.25, -0.2) is 15.0 Å². The van der Waals surface area contributed by atoms with Gasteiger partial charge in [-0.05, 0) is 26.0 Å². The average Bonchev–Trinajstić information content (AvgIpc) is 2.94. The van der Waals surface area contributed by atoms with Crippen molar-refractivity contribution in [3.8, 4) is 10.6 Å². The number of hydrogen-bond donors (Lipinski definition) is 0. The third-order valence-electron chi connectivity index (χ3n) is 2.94. The quantitative estimate of drug-likeness (QED) is 0.525. The molecule has 0 aliphatic heterocycles. The third-order valence-corrected chi connectivity index (χ3v) is 4.77. The first-order valence-corrected chi connectivity index (χ1v) is 8.51. The van der Waals surface area contributed by atoms with E-state index in [9.17, 15) is 0 Å². The summed E-state index contributed by atoms with van der Waals surface area (Å²) in [6.07, 6.45) is 1.80. The number of rotatable bonds is 4. The summed E-state index contributed by atoms with van der Waals surface area (Å²) < 4.78 is 0. The van der Waals surface area contributed by atoms with Gasteiger partial charge in [0.25, 0.3) is 0 Å². The molecule has 3 aromatic rings. The van der Waals surface area contributed by atoms with Gasteiger partial charge >= 0.3 is 0 Å². The van der Waals surface area contributed by atoms with Crippen molar-refractivity contribution in [2.75, 3.05) is 0 Å². The molecule has 5 heteroatoms. The summed E-state index contributed by atoms with van der Waals surface area (Å²) in [6, 6.07) is 10.3. The molecule has 0 saturated carbocycles. The van der Waals surface area contributed by atoms with Gasteiger partial charge in [0.2, 0.25) is 0 Å². The summed E-state index contributed by atoms with van der Waals surface area (Å²) in [7, 11) is 0. The van der Waals surface area contributed by atoms with Crippen LogP contribution in [0, 0.1) is 13.8 Å². The van der Waals surface area contributed by atoms with Gasteiger partial charge in [0.05, 0.1) is 5.69 Å². The third kappa shape index (κ3) is 3.68. The Kier molecular flexibility index (Phi) is 4.31. The van der Waals surface area contributed by atoms with E-state index in [4.69, 9.17) is 4.98 Å². The van der Waals surface area contributed by atoms with Crippen LogP contribution in [0.5, 0.6) is 0 Å². The standard InChI is InChI=1S/C16H15N3S2/c1-11-4-3-5-13(8-11)15-19-14(9-20-15)10-21-16-17-7-6-12(2)18-16/h3-9H,10H2,1-2H3. The smallest absolute Gasteiger partial charge is 0.188 e. The van der Waals surface area contributed by atoms with Crippen LogP contribution in [0.4, 0.5) is 0 Å². The van der Waals surface area contributed by atoms with Gasteiger partial charge in [-0.2, -0.15) is 0 Å². The van der Waals surface area contributed by atoms with Crippen molar-refractivity contribution in [2.45, 2.75) is 24.8 Å². The summed E-state index contributed by atoms with van der Waals surface area (Å²) in [6.45, 7) is 4.08. The van der Waals surface area contributed by atoms with Gasteiger partial charge in [-0.1, -0.05) is 35.5 Å². The zero-order valence-electron chi connectivity index (χ0n) is 11.9. The number of thiazole rings is 1. The molecular weight excluding hydrogens is 298 g/mol. The molecule has 21 heavy (non-hydrogen) atoms. The lowest BCUT2D eigenvalue weighted by Gasteiger charge is -1.99. The van der Waals surface area contributed by atoms with Gasteiger partial charge in [-0.3, -0.25) is 0 Å². The van der Waals surface area contributed by atoms with Crippen LogP contribution in [-0.2, 0) is 5.75 Å². The minimum absolute atomic E-state index is 0.797. The van der Waals surface area contributed by atoms with Crippen molar-refractivity contribution in [3.05, 3.63) is 58.9 Å². The maximum Gasteiger partial charge on any atom is 0.188 e. The summed E-state index contributed by atoms with van der Waals surface area (Å²) in [5.41, 5.74) is 4.51. The fourth-order valence-electron chi connectivity index (χ4n) is 1.92. The van der Waals surface area contributed by atoms with Gasteiger partial charge in [-0.15, -0.1) is 11.3 Å². The maximum absolute atomic E-state index is 4.70. The van der Waals surface area contributed by atoms with E-state index in [0.717, 1.165) is 27.3 Å². The minimum atomic E-state index is 0.797. The Labute approximate surface area is 132 Å². The van der Waals surface area contributed by atoms with Crippen LogP contribution >= 0.6 is 23.1 Å². The molecule has 1 aromatic carbocycles. The van der Waals surface area contributed by atoms with Crippen molar-refractivity contribution >= 4 is 23.1 Å². The summed E-state index contributed by atoms with van der Waals surface area (Å²) in [5.74, 6) is 0.797. The van der Waals surface area contributed by atoms with E-state index >= 15 is 0 Å². The number of aromatic nitrogens is 3. The molecule has 3 nitrogen and oxygen atoms in total. The van der Waals surface area contributed by atoms with Crippen molar-refractivity contribution in [3.63, 3.8) is 0 Å². The second-order valence-electron chi connectivity index (χ2n) is 4.78. The normalized spacial score (nSPS) is 10.8. The van der Waals surface area contributed by atoms with Gasteiger partial charge in [0, 0.05) is 28.6 Å². The molecule has 0 aliphatic carbocycles. The van der Waals surface area contributed by atoms with Crippen LogP contribution in [-0.4, -0.2) is 15.0 Å². The number of thioether (sulfide) groups is 1. The summed E-state index contributed by atoms with van der Waals surface area (Å²) in [4.78, 5) is 13.4. The molecule has 0 amide bonds. The molecule has 106 valence electrons. The monoisotopic (exact) mass is 313 g/mol. The van der Waals surface area contributed by atoms with Crippen LogP contribution in [0.25, 0.3) is 10.6 Å². The average molecular weight is 313 g/mol. The summed E-state index contributed by atoms with van der Waals surface area (Å²) in [5, 5.41) is 3.99. The minimum Gasteiger partial charge on any atom is -0.240 e. The Morgan fingerprint density at radius 3 is 2.86 bits per heavy atom. The van der Waals surface area contributed by atoms with E-state index in [-0.39, 0.29) is 0 Å². The number of benzene rings is 1. The lowest BCUT2D eigenvalue weighted by molar-refractivity contribution is 0.931. The Morgan fingerprint density at radius 1 is 1.14 bits per heavy atom. The number of hydrogen-bond acceptors (Lipinski definition) is 5. The molecule has 3 rings (SSSR count). The molecule has 0 atom stereocenters. The summed E-state index contributed by atoms with van der Waals surface area (Å²) >= 11 is 3.31. The molecule has 0 aliphatic rings. The van der Waals surface area contributed by atoms with Crippen LogP contribution in [0.1, 0.15) is 17.0 Å². The first-order chi connectivity index (χ1) is 10.2. The molecule has 0 unspecified atom stereocenters. The molecule has 0 N–H and O–H groups in total. The number of aryl methyl sites for hydroxylation is 2. The highest BCUT2D eigenvalue weighted by molar-refractivity contribution is 7.98. The van der Waals surface area contributed by atoms with Crippen LogP contribution in [0.2, 0.25) is 0 Å². The SMILES string of the molecule is Cc1cccc(-c2nc(CSc3nccc(C)n3)cs2)c1. The first kappa shape index (κ1) is 14.2. The van der Waals surface area contributed by atoms with E-state index in [1.807, 2.05) is 13.0 Å². The molecule has 2 aromatic heterocycles. The Balaban J connectivity index is 1.71. The van der Waals surface area contributed by atoms with Crippen LogP contribution in [0.3, 0.4) is 0 Å². The largest absolute Gasteiger partial charge is 0.240 e. The molecule has 0 radical (unpaired) electrons. The molecule has 2 heterocycles. The van der Waals surface area contributed by atoms with Crippen molar-refractivity contribution in [2.24, 2.45) is 0 Å².